The molecule has 1 aromatic heterocycles. The van der Waals surface area contributed by atoms with Crippen LogP contribution in [0.4, 0.5) is 0 Å². The largest absolute Gasteiger partial charge is 0.481 e. The summed E-state index contributed by atoms with van der Waals surface area (Å²) in [6.45, 7) is 0. The van der Waals surface area contributed by atoms with E-state index in [9.17, 15) is 0 Å². The number of rotatable bonds is 1. The Labute approximate surface area is 77.7 Å². The summed E-state index contributed by atoms with van der Waals surface area (Å²) in [5.41, 5.74) is 0. The topological polar surface area (TPSA) is 22.1 Å². The average molecular weight is 269 g/mol. The first-order valence-electron chi connectivity index (χ1n) is 2.59. The molecule has 4 heteroatoms. The highest BCUT2D eigenvalue weighted by Gasteiger charge is 1.98. The third-order valence-electron chi connectivity index (χ3n) is 0.993. The Hall–Kier alpha value is -0.0300. The molecule has 0 saturated heterocycles. The van der Waals surface area contributed by atoms with E-state index < -0.39 is 0 Å². The van der Waals surface area contributed by atoms with Crippen LogP contribution in [0.3, 0.4) is 0 Å². The number of hydrogen-bond donors (Lipinski definition) is 0. The minimum atomic E-state index is 0.547. The SMILES string of the molecule is COc1cc(Cl)c(I)cn1. The van der Waals surface area contributed by atoms with Gasteiger partial charge in [0.25, 0.3) is 0 Å². The van der Waals surface area contributed by atoms with Crippen LogP contribution < -0.4 is 4.74 Å². The van der Waals surface area contributed by atoms with E-state index in [1.165, 1.54) is 0 Å². The molecule has 2 nitrogen and oxygen atoms in total. The predicted molar refractivity (Wildman–Crippen MR) is 48.5 cm³/mol. The lowest BCUT2D eigenvalue weighted by Gasteiger charge is -1.98. The van der Waals surface area contributed by atoms with Crippen LogP contribution in [0.1, 0.15) is 0 Å². The van der Waals surface area contributed by atoms with Crippen molar-refractivity contribution < 1.29 is 4.74 Å². The van der Waals surface area contributed by atoms with Gasteiger partial charge >= 0.3 is 0 Å². The normalized spacial score (nSPS) is 9.50. The molecule has 0 aliphatic heterocycles. The molecule has 0 fully saturated rings. The third kappa shape index (κ3) is 1.73. The Morgan fingerprint density at radius 1 is 1.70 bits per heavy atom. The van der Waals surface area contributed by atoms with Crippen molar-refractivity contribution in [1.82, 2.24) is 4.98 Å². The molecule has 0 aliphatic carbocycles. The fourth-order valence-corrected chi connectivity index (χ4v) is 0.945. The first kappa shape index (κ1) is 8.07. The maximum atomic E-state index is 5.77. The number of methoxy groups -OCH3 is 1. The van der Waals surface area contributed by atoms with Crippen LogP contribution in [0.2, 0.25) is 5.02 Å². The molecule has 1 heterocycles. The van der Waals surface area contributed by atoms with Crippen LogP contribution >= 0.6 is 34.2 Å². The summed E-state index contributed by atoms with van der Waals surface area (Å²) in [4.78, 5) is 3.94. The summed E-state index contributed by atoms with van der Waals surface area (Å²) in [7, 11) is 1.56. The highest BCUT2D eigenvalue weighted by molar-refractivity contribution is 14.1. The Morgan fingerprint density at radius 2 is 2.40 bits per heavy atom. The van der Waals surface area contributed by atoms with E-state index in [0.717, 1.165) is 3.57 Å². The first-order valence-corrected chi connectivity index (χ1v) is 4.04. The number of aromatic nitrogens is 1. The second-order valence-corrected chi connectivity index (χ2v) is 3.21. The van der Waals surface area contributed by atoms with Gasteiger partial charge in [-0.15, -0.1) is 0 Å². The van der Waals surface area contributed by atoms with E-state index in [1.807, 2.05) is 0 Å². The molecule has 0 aromatic carbocycles. The quantitative estimate of drug-likeness (QED) is 0.730. The Kier molecular flexibility index (Phi) is 2.73. The van der Waals surface area contributed by atoms with Gasteiger partial charge in [-0.25, -0.2) is 4.98 Å². The smallest absolute Gasteiger partial charge is 0.214 e. The molecule has 0 bridgehead atoms. The molecule has 1 rings (SSSR count). The van der Waals surface area contributed by atoms with Crippen LogP contribution in [-0.4, -0.2) is 12.1 Å². The van der Waals surface area contributed by atoms with Gasteiger partial charge in [-0.1, -0.05) is 11.6 Å². The van der Waals surface area contributed by atoms with E-state index in [0.29, 0.717) is 10.9 Å². The van der Waals surface area contributed by atoms with Crippen LogP contribution in [0, 0.1) is 3.57 Å². The van der Waals surface area contributed by atoms with Gasteiger partial charge in [0.2, 0.25) is 5.88 Å². The molecule has 0 aliphatic rings. The zero-order valence-electron chi connectivity index (χ0n) is 5.27. The molecule has 0 unspecified atom stereocenters. The second-order valence-electron chi connectivity index (χ2n) is 1.64. The molecule has 54 valence electrons. The highest BCUT2D eigenvalue weighted by Crippen LogP contribution is 2.20. The molecule has 0 atom stereocenters. The Bertz CT molecular complexity index is 241. The molecule has 0 spiro atoms. The van der Waals surface area contributed by atoms with E-state index in [2.05, 4.69) is 27.6 Å². The van der Waals surface area contributed by atoms with E-state index in [-0.39, 0.29) is 0 Å². The van der Waals surface area contributed by atoms with Gasteiger partial charge in [-0.05, 0) is 22.6 Å². The van der Waals surface area contributed by atoms with Gasteiger partial charge in [0.15, 0.2) is 0 Å². The van der Waals surface area contributed by atoms with Crippen LogP contribution in [-0.2, 0) is 0 Å². The molecule has 0 saturated carbocycles. The summed E-state index contributed by atoms with van der Waals surface area (Å²) in [6.07, 6.45) is 1.67. The second kappa shape index (κ2) is 3.39. The van der Waals surface area contributed by atoms with Gasteiger partial charge < -0.3 is 4.74 Å². The number of ether oxygens (including phenoxy) is 1. The molecule has 0 amide bonds. The summed E-state index contributed by atoms with van der Waals surface area (Å²) >= 11 is 7.87. The molecule has 1 aromatic rings. The van der Waals surface area contributed by atoms with Crippen LogP contribution in [0.5, 0.6) is 5.88 Å². The van der Waals surface area contributed by atoms with Crippen molar-refractivity contribution >= 4 is 34.2 Å². The average Bonchev–Trinajstić information content (AvgIpc) is 1.95. The van der Waals surface area contributed by atoms with Gasteiger partial charge in [-0.3, -0.25) is 0 Å². The fraction of sp³-hybridized carbons (Fsp3) is 0.167. The predicted octanol–water partition coefficient (Wildman–Crippen LogP) is 2.35. The first-order chi connectivity index (χ1) is 4.74. The maximum Gasteiger partial charge on any atom is 0.214 e. The van der Waals surface area contributed by atoms with Gasteiger partial charge in [0, 0.05) is 12.3 Å². The summed E-state index contributed by atoms with van der Waals surface area (Å²) in [5.74, 6) is 0.547. The van der Waals surface area contributed by atoms with Gasteiger partial charge in [-0.2, -0.15) is 0 Å². The Morgan fingerprint density at radius 3 is 2.90 bits per heavy atom. The summed E-state index contributed by atoms with van der Waals surface area (Å²) < 4.78 is 5.78. The van der Waals surface area contributed by atoms with Crippen molar-refractivity contribution in [2.75, 3.05) is 7.11 Å². The van der Waals surface area contributed by atoms with Gasteiger partial charge in [0.05, 0.1) is 15.7 Å². The lowest BCUT2D eigenvalue weighted by atomic mass is 10.5. The highest BCUT2D eigenvalue weighted by atomic mass is 127. The lowest BCUT2D eigenvalue weighted by molar-refractivity contribution is 0.398. The minimum absolute atomic E-state index is 0.547. The van der Waals surface area contributed by atoms with Crippen molar-refractivity contribution in [3.8, 4) is 5.88 Å². The minimum Gasteiger partial charge on any atom is -0.481 e. The standard InChI is InChI=1S/C6H5ClINO/c1-10-6-2-4(7)5(8)3-9-6/h2-3H,1H3. The number of nitrogens with zero attached hydrogens (tertiary/aromatic N) is 1. The monoisotopic (exact) mass is 269 g/mol. The molecule has 10 heavy (non-hydrogen) atoms. The zero-order valence-corrected chi connectivity index (χ0v) is 8.18. The van der Waals surface area contributed by atoms with Crippen molar-refractivity contribution in [2.45, 2.75) is 0 Å². The molecule has 0 N–H and O–H groups in total. The number of pyridine rings is 1. The van der Waals surface area contributed by atoms with E-state index in [4.69, 9.17) is 16.3 Å². The van der Waals surface area contributed by atoms with Gasteiger partial charge in [0.1, 0.15) is 0 Å². The van der Waals surface area contributed by atoms with E-state index in [1.54, 1.807) is 19.4 Å². The maximum absolute atomic E-state index is 5.77. The lowest BCUT2D eigenvalue weighted by Crippen LogP contribution is -1.87. The number of halogens is 2. The molecule has 0 radical (unpaired) electrons. The van der Waals surface area contributed by atoms with Crippen molar-refractivity contribution in [1.29, 1.82) is 0 Å². The molecular weight excluding hydrogens is 264 g/mol. The van der Waals surface area contributed by atoms with Crippen LogP contribution in [0.15, 0.2) is 12.3 Å². The van der Waals surface area contributed by atoms with Crippen LogP contribution in [0.25, 0.3) is 0 Å². The Balaban J connectivity index is 3.04. The van der Waals surface area contributed by atoms with E-state index >= 15 is 0 Å². The van der Waals surface area contributed by atoms with Crippen molar-refractivity contribution in [3.05, 3.63) is 20.9 Å². The summed E-state index contributed by atoms with van der Waals surface area (Å²) in [6, 6.07) is 1.68. The number of hydrogen-bond acceptors (Lipinski definition) is 2. The van der Waals surface area contributed by atoms with Crippen molar-refractivity contribution in [2.24, 2.45) is 0 Å². The fourth-order valence-electron chi connectivity index (χ4n) is 0.508. The zero-order chi connectivity index (χ0) is 7.56. The van der Waals surface area contributed by atoms with Crippen molar-refractivity contribution in [3.63, 3.8) is 0 Å². The summed E-state index contributed by atoms with van der Waals surface area (Å²) in [5, 5.41) is 0.674. The molecular formula is C6H5ClINO. The third-order valence-corrected chi connectivity index (χ3v) is 2.48.